The number of rotatable bonds is 5. The summed E-state index contributed by atoms with van der Waals surface area (Å²) in [7, 11) is 0. The highest BCUT2D eigenvalue weighted by molar-refractivity contribution is 7.09. The Morgan fingerprint density at radius 3 is 2.55 bits per heavy atom. The van der Waals surface area contributed by atoms with Crippen LogP contribution < -0.4 is 5.32 Å². The summed E-state index contributed by atoms with van der Waals surface area (Å²) >= 11 is 1.66. The minimum atomic E-state index is 0.0466. The SMILES string of the molecule is Cc1nc(-c2ccc(CCNC(=O)C(C)C)cc2)cs1. The molecule has 0 spiro atoms. The molecule has 2 aromatic rings. The highest BCUT2D eigenvalue weighted by atomic mass is 32.1. The first-order valence-corrected chi connectivity index (χ1v) is 7.73. The van der Waals surface area contributed by atoms with Crippen molar-refractivity contribution < 1.29 is 4.79 Å². The molecule has 0 radical (unpaired) electrons. The smallest absolute Gasteiger partial charge is 0.222 e. The Morgan fingerprint density at radius 1 is 1.30 bits per heavy atom. The normalized spacial score (nSPS) is 10.8. The van der Waals surface area contributed by atoms with Gasteiger partial charge in [0.25, 0.3) is 0 Å². The standard InChI is InChI=1S/C16H20N2OS/c1-11(2)16(19)17-9-8-13-4-6-14(7-5-13)15-10-20-12(3)18-15/h4-7,10-11H,8-9H2,1-3H3,(H,17,19). The number of thiazole rings is 1. The molecule has 0 fully saturated rings. The van der Waals surface area contributed by atoms with Crippen molar-refractivity contribution in [2.75, 3.05) is 6.54 Å². The van der Waals surface area contributed by atoms with Crippen LogP contribution in [0.25, 0.3) is 11.3 Å². The van der Waals surface area contributed by atoms with E-state index in [-0.39, 0.29) is 11.8 Å². The molecule has 0 atom stereocenters. The molecule has 106 valence electrons. The Hall–Kier alpha value is -1.68. The van der Waals surface area contributed by atoms with Crippen molar-refractivity contribution in [1.82, 2.24) is 10.3 Å². The molecular weight excluding hydrogens is 268 g/mol. The molecule has 4 heteroatoms. The van der Waals surface area contributed by atoms with Crippen LogP contribution in [0.2, 0.25) is 0 Å². The third kappa shape index (κ3) is 3.90. The van der Waals surface area contributed by atoms with Gasteiger partial charge in [0.2, 0.25) is 5.91 Å². The summed E-state index contributed by atoms with van der Waals surface area (Å²) in [5, 5.41) is 6.09. The molecule has 0 unspecified atom stereocenters. The lowest BCUT2D eigenvalue weighted by Crippen LogP contribution is -2.29. The van der Waals surface area contributed by atoms with E-state index in [9.17, 15) is 4.79 Å². The van der Waals surface area contributed by atoms with Crippen molar-refractivity contribution in [3.8, 4) is 11.3 Å². The van der Waals surface area contributed by atoms with Crippen LogP contribution in [0.15, 0.2) is 29.6 Å². The van der Waals surface area contributed by atoms with Crippen LogP contribution in [-0.4, -0.2) is 17.4 Å². The maximum atomic E-state index is 11.5. The number of aromatic nitrogens is 1. The highest BCUT2D eigenvalue weighted by Gasteiger charge is 2.06. The molecular formula is C16H20N2OS. The van der Waals surface area contributed by atoms with Gasteiger partial charge in [0.05, 0.1) is 10.7 Å². The minimum absolute atomic E-state index is 0.0466. The summed E-state index contributed by atoms with van der Waals surface area (Å²) in [5.41, 5.74) is 3.40. The van der Waals surface area contributed by atoms with Crippen LogP contribution in [0.1, 0.15) is 24.4 Å². The Balaban J connectivity index is 1.90. The predicted octanol–water partition coefficient (Wildman–Crippen LogP) is 3.43. The van der Waals surface area contributed by atoms with Gasteiger partial charge >= 0.3 is 0 Å². The van der Waals surface area contributed by atoms with Crippen molar-refractivity contribution in [1.29, 1.82) is 0 Å². The third-order valence-corrected chi connectivity index (χ3v) is 3.88. The summed E-state index contributed by atoms with van der Waals surface area (Å²) in [6.07, 6.45) is 0.856. The number of nitrogens with zero attached hydrogens (tertiary/aromatic N) is 1. The van der Waals surface area contributed by atoms with E-state index in [1.165, 1.54) is 5.56 Å². The Labute approximate surface area is 124 Å². The van der Waals surface area contributed by atoms with Gasteiger partial charge < -0.3 is 5.32 Å². The number of hydrogen-bond donors (Lipinski definition) is 1. The molecule has 1 aromatic heterocycles. The van der Waals surface area contributed by atoms with E-state index in [1.807, 2.05) is 20.8 Å². The van der Waals surface area contributed by atoms with Gasteiger partial charge in [-0.1, -0.05) is 38.1 Å². The zero-order valence-corrected chi connectivity index (χ0v) is 13.0. The van der Waals surface area contributed by atoms with E-state index in [4.69, 9.17) is 0 Å². The average Bonchev–Trinajstić information content (AvgIpc) is 2.86. The van der Waals surface area contributed by atoms with E-state index >= 15 is 0 Å². The molecule has 0 saturated heterocycles. The molecule has 0 aliphatic heterocycles. The fourth-order valence-electron chi connectivity index (χ4n) is 1.87. The van der Waals surface area contributed by atoms with Crippen LogP contribution in [-0.2, 0) is 11.2 Å². The monoisotopic (exact) mass is 288 g/mol. The Morgan fingerprint density at radius 2 is 2.00 bits per heavy atom. The van der Waals surface area contributed by atoms with Gasteiger partial charge in [-0.15, -0.1) is 11.3 Å². The van der Waals surface area contributed by atoms with Crippen LogP contribution in [0.4, 0.5) is 0 Å². The Kier molecular flexibility index (Phi) is 4.90. The second-order valence-corrected chi connectivity index (χ2v) is 6.21. The molecule has 0 bridgehead atoms. The number of carbonyl (C=O) groups excluding carboxylic acids is 1. The van der Waals surface area contributed by atoms with Crippen molar-refractivity contribution in [2.45, 2.75) is 27.2 Å². The van der Waals surface area contributed by atoms with Crippen molar-refractivity contribution >= 4 is 17.2 Å². The zero-order chi connectivity index (χ0) is 14.5. The highest BCUT2D eigenvalue weighted by Crippen LogP contribution is 2.21. The predicted molar refractivity (Wildman–Crippen MR) is 83.8 cm³/mol. The van der Waals surface area contributed by atoms with Crippen LogP contribution in [0, 0.1) is 12.8 Å². The minimum Gasteiger partial charge on any atom is -0.356 e. The van der Waals surface area contributed by atoms with E-state index in [0.29, 0.717) is 6.54 Å². The first-order chi connectivity index (χ1) is 9.56. The maximum Gasteiger partial charge on any atom is 0.222 e. The van der Waals surface area contributed by atoms with Gasteiger partial charge in [-0.05, 0) is 18.9 Å². The number of benzene rings is 1. The molecule has 0 aliphatic rings. The zero-order valence-electron chi connectivity index (χ0n) is 12.1. The van der Waals surface area contributed by atoms with Gasteiger partial charge in [-0.25, -0.2) is 4.98 Å². The summed E-state index contributed by atoms with van der Waals surface area (Å²) < 4.78 is 0. The number of amides is 1. The van der Waals surface area contributed by atoms with Crippen LogP contribution >= 0.6 is 11.3 Å². The third-order valence-electron chi connectivity index (χ3n) is 3.11. The molecule has 1 amide bonds. The summed E-state index contributed by atoms with van der Waals surface area (Å²) in [6, 6.07) is 8.39. The van der Waals surface area contributed by atoms with Crippen molar-refractivity contribution in [3.63, 3.8) is 0 Å². The molecule has 2 rings (SSSR count). The van der Waals surface area contributed by atoms with Gasteiger partial charge in [0.1, 0.15) is 0 Å². The lowest BCUT2D eigenvalue weighted by Gasteiger charge is -2.07. The van der Waals surface area contributed by atoms with Crippen molar-refractivity contribution in [2.24, 2.45) is 5.92 Å². The summed E-state index contributed by atoms with van der Waals surface area (Å²) in [6.45, 7) is 6.51. The molecule has 1 aromatic carbocycles. The summed E-state index contributed by atoms with van der Waals surface area (Å²) in [4.78, 5) is 15.9. The fraction of sp³-hybridized carbons (Fsp3) is 0.375. The molecule has 3 nitrogen and oxygen atoms in total. The van der Waals surface area contributed by atoms with E-state index in [1.54, 1.807) is 11.3 Å². The van der Waals surface area contributed by atoms with Crippen LogP contribution in [0.5, 0.6) is 0 Å². The lowest BCUT2D eigenvalue weighted by atomic mass is 10.1. The van der Waals surface area contributed by atoms with Gasteiger partial charge in [-0.2, -0.15) is 0 Å². The molecule has 1 heterocycles. The fourth-order valence-corrected chi connectivity index (χ4v) is 2.49. The lowest BCUT2D eigenvalue weighted by molar-refractivity contribution is -0.123. The van der Waals surface area contributed by atoms with Crippen molar-refractivity contribution in [3.05, 3.63) is 40.2 Å². The number of carbonyl (C=O) groups is 1. The quantitative estimate of drug-likeness (QED) is 0.916. The molecule has 20 heavy (non-hydrogen) atoms. The summed E-state index contributed by atoms with van der Waals surface area (Å²) in [5.74, 6) is 0.157. The number of nitrogens with one attached hydrogen (secondary N) is 1. The van der Waals surface area contributed by atoms with Gasteiger partial charge in [0.15, 0.2) is 0 Å². The second kappa shape index (κ2) is 6.66. The molecule has 1 N–H and O–H groups in total. The number of aryl methyl sites for hydroxylation is 1. The maximum absolute atomic E-state index is 11.5. The first-order valence-electron chi connectivity index (χ1n) is 6.85. The van der Waals surface area contributed by atoms with E-state index in [2.05, 4.69) is 39.9 Å². The topological polar surface area (TPSA) is 42.0 Å². The van der Waals surface area contributed by atoms with Crippen LogP contribution in [0.3, 0.4) is 0 Å². The first kappa shape index (κ1) is 14.7. The average molecular weight is 288 g/mol. The second-order valence-electron chi connectivity index (χ2n) is 5.14. The Bertz CT molecular complexity index is 572. The van der Waals surface area contributed by atoms with E-state index in [0.717, 1.165) is 22.7 Å². The van der Waals surface area contributed by atoms with Gasteiger partial charge in [-0.3, -0.25) is 4.79 Å². The van der Waals surface area contributed by atoms with Gasteiger partial charge in [0, 0.05) is 23.4 Å². The molecule has 0 aliphatic carbocycles. The van der Waals surface area contributed by atoms with E-state index < -0.39 is 0 Å². The largest absolute Gasteiger partial charge is 0.356 e. The molecule has 0 saturated carbocycles. The number of hydrogen-bond acceptors (Lipinski definition) is 3.